The molecule has 3 nitrogen and oxygen atoms in total. The van der Waals surface area contributed by atoms with Gasteiger partial charge in [0.15, 0.2) is 0 Å². The van der Waals surface area contributed by atoms with Crippen molar-refractivity contribution in [3.8, 4) is 0 Å². The number of hydrogen-bond acceptors (Lipinski definition) is 3. The number of rotatable bonds is 3. The first-order valence-corrected chi connectivity index (χ1v) is 5.84. The van der Waals surface area contributed by atoms with Crippen LogP contribution >= 0.6 is 0 Å². The molecule has 3 heteroatoms. The maximum atomic E-state index is 10.4. The van der Waals surface area contributed by atoms with Crippen LogP contribution in [0.3, 0.4) is 0 Å². The summed E-state index contributed by atoms with van der Waals surface area (Å²) in [6.45, 7) is 1.94. The van der Waals surface area contributed by atoms with Gasteiger partial charge in [0.05, 0.1) is 5.60 Å². The van der Waals surface area contributed by atoms with Crippen molar-refractivity contribution in [2.75, 3.05) is 7.11 Å². The van der Waals surface area contributed by atoms with Gasteiger partial charge < -0.3 is 9.84 Å². The van der Waals surface area contributed by atoms with E-state index in [1.165, 1.54) is 0 Å². The number of aliphatic hydroxyl groups excluding tert-OH is 1. The first kappa shape index (κ1) is 11.6. The zero-order valence-electron chi connectivity index (χ0n) is 9.94. The first-order chi connectivity index (χ1) is 7.68. The molecule has 2 rings (SSSR count). The van der Waals surface area contributed by atoms with Crippen LogP contribution in [0.2, 0.25) is 0 Å². The van der Waals surface area contributed by atoms with E-state index in [0.717, 1.165) is 36.9 Å². The third-order valence-electron chi connectivity index (χ3n) is 3.60. The average Bonchev–Trinajstić information content (AvgIpc) is 2.79. The fourth-order valence-electron chi connectivity index (χ4n) is 2.51. The van der Waals surface area contributed by atoms with Crippen LogP contribution < -0.4 is 0 Å². The maximum absolute atomic E-state index is 10.4. The van der Waals surface area contributed by atoms with E-state index in [1.54, 1.807) is 13.3 Å². The second kappa shape index (κ2) is 4.52. The number of pyridine rings is 1. The highest BCUT2D eigenvalue weighted by atomic mass is 16.5. The summed E-state index contributed by atoms with van der Waals surface area (Å²) in [7, 11) is 1.69. The molecule has 16 heavy (non-hydrogen) atoms. The average molecular weight is 221 g/mol. The first-order valence-electron chi connectivity index (χ1n) is 5.84. The number of nitrogens with zero attached hydrogens (tertiary/aromatic N) is 1. The third kappa shape index (κ3) is 1.97. The van der Waals surface area contributed by atoms with E-state index in [-0.39, 0.29) is 0 Å². The molecule has 1 aliphatic carbocycles. The van der Waals surface area contributed by atoms with Gasteiger partial charge in [0, 0.05) is 24.6 Å². The van der Waals surface area contributed by atoms with Crippen LogP contribution in [0, 0.1) is 6.92 Å². The van der Waals surface area contributed by atoms with Crippen molar-refractivity contribution < 1.29 is 9.84 Å². The molecule has 1 fully saturated rings. The third-order valence-corrected chi connectivity index (χ3v) is 3.60. The molecule has 1 atom stereocenters. The molecule has 1 aromatic heterocycles. The Morgan fingerprint density at radius 2 is 2.06 bits per heavy atom. The van der Waals surface area contributed by atoms with Crippen molar-refractivity contribution >= 4 is 0 Å². The zero-order valence-corrected chi connectivity index (χ0v) is 9.94. The van der Waals surface area contributed by atoms with Crippen molar-refractivity contribution in [1.82, 2.24) is 4.98 Å². The minimum Gasteiger partial charge on any atom is -0.385 e. The molecule has 0 aliphatic heterocycles. The number of aromatic nitrogens is 1. The Kier molecular flexibility index (Phi) is 3.26. The van der Waals surface area contributed by atoms with Gasteiger partial charge in [0.1, 0.15) is 6.10 Å². The maximum Gasteiger partial charge on any atom is 0.109 e. The lowest BCUT2D eigenvalue weighted by atomic mass is 9.90. The molecule has 1 aliphatic rings. The normalized spacial score (nSPS) is 20.9. The summed E-state index contributed by atoms with van der Waals surface area (Å²) in [5.41, 5.74) is 1.43. The molecule has 0 spiro atoms. The highest BCUT2D eigenvalue weighted by Crippen LogP contribution is 2.42. The summed E-state index contributed by atoms with van der Waals surface area (Å²) in [5, 5.41) is 10.4. The molecule has 0 amide bonds. The van der Waals surface area contributed by atoms with Crippen LogP contribution in [0.5, 0.6) is 0 Å². The lowest BCUT2D eigenvalue weighted by Gasteiger charge is -2.32. The van der Waals surface area contributed by atoms with Crippen molar-refractivity contribution in [2.45, 2.75) is 44.3 Å². The fourth-order valence-corrected chi connectivity index (χ4v) is 2.51. The van der Waals surface area contributed by atoms with Gasteiger partial charge in [-0.25, -0.2) is 0 Å². The minimum atomic E-state index is -0.562. The highest BCUT2D eigenvalue weighted by Gasteiger charge is 2.41. The van der Waals surface area contributed by atoms with E-state index in [0.29, 0.717) is 0 Å². The van der Waals surface area contributed by atoms with Gasteiger partial charge in [-0.2, -0.15) is 0 Å². The molecule has 0 bridgehead atoms. The Morgan fingerprint density at radius 3 is 2.56 bits per heavy atom. The largest absolute Gasteiger partial charge is 0.385 e. The molecule has 1 saturated carbocycles. The van der Waals surface area contributed by atoms with E-state index < -0.39 is 11.7 Å². The monoisotopic (exact) mass is 221 g/mol. The van der Waals surface area contributed by atoms with Gasteiger partial charge in [0.25, 0.3) is 0 Å². The molecule has 88 valence electrons. The Hall–Kier alpha value is -0.930. The highest BCUT2D eigenvalue weighted by molar-refractivity contribution is 5.19. The predicted octanol–water partition coefficient (Wildman–Crippen LogP) is 2.38. The summed E-state index contributed by atoms with van der Waals surface area (Å²) in [4.78, 5) is 4.22. The quantitative estimate of drug-likeness (QED) is 0.852. The number of ether oxygens (including phenoxy) is 1. The molecular weight excluding hydrogens is 202 g/mol. The van der Waals surface area contributed by atoms with Crippen LogP contribution in [0.4, 0.5) is 0 Å². The molecule has 0 radical (unpaired) electrons. The second-order valence-electron chi connectivity index (χ2n) is 4.61. The van der Waals surface area contributed by atoms with Crippen molar-refractivity contribution in [3.05, 3.63) is 29.6 Å². The molecule has 1 heterocycles. The number of methoxy groups -OCH3 is 1. The minimum absolute atomic E-state index is 0.392. The Bertz CT molecular complexity index is 341. The van der Waals surface area contributed by atoms with E-state index >= 15 is 0 Å². The van der Waals surface area contributed by atoms with E-state index in [4.69, 9.17) is 4.74 Å². The summed E-state index contributed by atoms with van der Waals surface area (Å²) in [6, 6.07) is 3.86. The second-order valence-corrected chi connectivity index (χ2v) is 4.61. The molecule has 0 aromatic carbocycles. The van der Waals surface area contributed by atoms with E-state index in [1.807, 2.05) is 19.1 Å². The molecule has 1 N–H and O–H groups in total. The number of aryl methyl sites for hydroxylation is 1. The topological polar surface area (TPSA) is 42.4 Å². The van der Waals surface area contributed by atoms with Crippen LogP contribution in [-0.2, 0) is 4.74 Å². The molecular formula is C13H19NO2. The SMILES string of the molecule is COC1(C(O)c2ccc(C)nc2)CCCC1. The van der Waals surface area contributed by atoms with E-state index in [9.17, 15) is 5.11 Å². The van der Waals surface area contributed by atoms with Gasteiger partial charge >= 0.3 is 0 Å². The lowest BCUT2D eigenvalue weighted by molar-refractivity contribution is -0.100. The fraction of sp³-hybridized carbons (Fsp3) is 0.615. The smallest absolute Gasteiger partial charge is 0.109 e. The van der Waals surface area contributed by atoms with Crippen molar-refractivity contribution in [1.29, 1.82) is 0 Å². The van der Waals surface area contributed by atoms with Crippen LogP contribution in [0.25, 0.3) is 0 Å². The summed E-state index contributed by atoms with van der Waals surface area (Å²) in [6.07, 6.45) is 5.30. The zero-order chi connectivity index (χ0) is 11.6. The van der Waals surface area contributed by atoms with Crippen LogP contribution in [-0.4, -0.2) is 22.8 Å². The Labute approximate surface area is 96.5 Å². The predicted molar refractivity (Wildman–Crippen MR) is 62.1 cm³/mol. The Morgan fingerprint density at radius 1 is 1.38 bits per heavy atom. The summed E-state index contributed by atoms with van der Waals surface area (Å²) < 4.78 is 5.57. The number of hydrogen-bond donors (Lipinski definition) is 1. The van der Waals surface area contributed by atoms with Gasteiger partial charge in [0.2, 0.25) is 0 Å². The van der Waals surface area contributed by atoms with Gasteiger partial charge in [-0.05, 0) is 25.8 Å². The summed E-state index contributed by atoms with van der Waals surface area (Å²) in [5.74, 6) is 0. The van der Waals surface area contributed by atoms with Crippen LogP contribution in [0.1, 0.15) is 43.0 Å². The van der Waals surface area contributed by atoms with Crippen molar-refractivity contribution in [3.63, 3.8) is 0 Å². The van der Waals surface area contributed by atoms with Gasteiger partial charge in [-0.1, -0.05) is 18.9 Å². The molecule has 1 aromatic rings. The van der Waals surface area contributed by atoms with Crippen molar-refractivity contribution in [2.24, 2.45) is 0 Å². The van der Waals surface area contributed by atoms with Gasteiger partial charge in [-0.3, -0.25) is 4.98 Å². The molecule has 0 saturated heterocycles. The van der Waals surface area contributed by atoms with Crippen LogP contribution in [0.15, 0.2) is 18.3 Å². The number of aliphatic hydroxyl groups is 1. The Balaban J connectivity index is 2.23. The van der Waals surface area contributed by atoms with Gasteiger partial charge in [-0.15, -0.1) is 0 Å². The summed E-state index contributed by atoms with van der Waals surface area (Å²) >= 11 is 0. The van der Waals surface area contributed by atoms with E-state index in [2.05, 4.69) is 4.98 Å². The standard InChI is InChI=1S/C13H19NO2/c1-10-5-6-11(9-14-10)12(15)13(16-2)7-3-4-8-13/h5-6,9,12,15H,3-4,7-8H2,1-2H3. The lowest BCUT2D eigenvalue weighted by Crippen LogP contribution is -2.35. The molecule has 1 unspecified atom stereocenters.